The maximum Gasteiger partial charge on any atom is 0.169 e. The van der Waals surface area contributed by atoms with E-state index in [1.165, 1.54) is 0 Å². The zero-order valence-electron chi connectivity index (χ0n) is 9.79. The minimum absolute atomic E-state index is 0.237. The third-order valence-corrected chi connectivity index (χ3v) is 2.49. The van der Waals surface area contributed by atoms with Crippen LogP contribution < -0.4 is 15.2 Å². The molecular weight excluding hydrogens is 248 g/mol. The lowest BCUT2D eigenvalue weighted by atomic mass is 10.3. The first-order valence-electron chi connectivity index (χ1n) is 5.27. The van der Waals surface area contributed by atoms with E-state index in [0.717, 1.165) is 0 Å². The van der Waals surface area contributed by atoms with E-state index < -0.39 is 0 Å². The van der Waals surface area contributed by atoms with Gasteiger partial charge in [-0.25, -0.2) is 0 Å². The van der Waals surface area contributed by atoms with E-state index in [0.29, 0.717) is 22.9 Å². The molecule has 0 radical (unpaired) electrons. The lowest BCUT2D eigenvalue weighted by molar-refractivity contribution is 0.378. The Labute approximate surface area is 110 Å². The number of thiocarbonyl (C=S) groups is 1. The second-order valence-corrected chi connectivity index (χ2v) is 3.93. The molecule has 0 saturated carbocycles. The van der Waals surface area contributed by atoms with Crippen LogP contribution in [0.5, 0.6) is 17.2 Å². The highest BCUT2D eigenvalue weighted by molar-refractivity contribution is 7.80. The van der Waals surface area contributed by atoms with Crippen LogP contribution >= 0.6 is 12.2 Å². The second kappa shape index (κ2) is 5.46. The van der Waals surface area contributed by atoms with E-state index in [4.69, 9.17) is 27.4 Å². The third-order valence-electron chi connectivity index (χ3n) is 2.28. The highest BCUT2D eigenvalue weighted by Crippen LogP contribution is 2.30. The van der Waals surface area contributed by atoms with Gasteiger partial charge in [-0.1, -0.05) is 24.4 Å². The van der Waals surface area contributed by atoms with E-state index in [1.807, 2.05) is 24.3 Å². The van der Waals surface area contributed by atoms with Gasteiger partial charge in [0.1, 0.15) is 16.4 Å². The Morgan fingerprint density at radius 2 is 1.94 bits per heavy atom. The smallest absolute Gasteiger partial charge is 0.169 e. The van der Waals surface area contributed by atoms with Crippen molar-refractivity contribution in [2.75, 3.05) is 7.11 Å². The molecule has 0 aliphatic heterocycles. The Bertz CT molecular complexity index is 572. The van der Waals surface area contributed by atoms with Crippen molar-refractivity contribution >= 4 is 17.2 Å². The summed E-state index contributed by atoms with van der Waals surface area (Å²) in [6.07, 6.45) is 1.60. The van der Waals surface area contributed by atoms with Gasteiger partial charge in [0.25, 0.3) is 0 Å². The number of hydrogen-bond donors (Lipinski definition) is 1. The van der Waals surface area contributed by atoms with Gasteiger partial charge in [0, 0.05) is 12.3 Å². The predicted molar refractivity (Wildman–Crippen MR) is 73.2 cm³/mol. The van der Waals surface area contributed by atoms with Crippen LogP contribution in [0.1, 0.15) is 5.69 Å². The predicted octanol–water partition coefficient (Wildman–Crippen LogP) is 2.52. The van der Waals surface area contributed by atoms with E-state index in [2.05, 4.69) is 4.98 Å². The maximum absolute atomic E-state index is 5.71. The summed E-state index contributed by atoms with van der Waals surface area (Å²) in [5, 5.41) is 0. The number of methoxy groups -OCH3 is 1. The first-order valence-corrected chi connectivity index (χ1v) is 5.68. The van der Waals surface area contributed by atoms with Gasteiger partial charge in [0.2, 0.25) is 0 Å². The lowest BCUT2D eigenvalue weighted by Crippen LogP contribution is -2.11. The molecule has 0 unspecified atom stereocenters. The highest BCUT2D eigenvalue weighted by Gasteiger charge is 2.06. The molecule has 2 aromatic rings. The minimum atomic E-state index is 0.237. The molecule has 2 rings (SSSR count). The molecule has 4 nitrogen and oxygen atoms in total. The molecule has 1 aromatic carbocycles. The van der Waals surface area contributed by atoms with Gasteiger partial charge in [-0.3, -0.25) is 4.98 Å². The molecule has 0 aliphatic rings. The number of nitrogens with zero attached hydrogens (tertiary/aromatic N) is 1. The molecule has 2 N–H and O–H groups in total. The van der Waals surface area contributed by atoms with Crippen LogP contribution in [0, 0.1) is 0 Å². The molecule has 0 bridgehead atoms. The standard InChI is InChI=1S/C13H12N2O2S/c1-16-11-4-2-3-5-12(11)17-9-6-7-15-10(8-9)13(14)18/h2-8H,1H3,(H2,14,18). The zero-order valence-corrected chi connectivity index (χ0v) is 10.6. The summed E-state index contributed by atoms with van der Waals surface area (Å²) in [6, 6.07) is 10.8. The van der Waals surface area contributed by atoms with Crippen LogP contribution in [-0.4, -0.2) is 17.1 Å². The van der Waals surface area contributed by atoms with Gasteiger partial charge in [0.05, 0.1) is 7.11 Å². The van der Waals surface area contributed by atoms with Crippen LogP contribution in [0.3, 0.4) is 0 Å². The number of aromatic nitrogens is 1. The molecule has 1 heterocycles. The van der Waals surface area contributed by atoms with Crippen molar-refractivity contribution in [2.45, 2.75) is 0 Å². The van der Waals surface area contributed by atoms with Crippen LogP contribution in [-0.2, 0) is 0 Å². The maximum atomic E-state index is 5.71. The summed E-state index contributed by atoms with van der Waals surface area (Å²) in [5.41, 5.74) is 6.05. The first-order chi connectivity index (χ1) is 8.70. The Kier molecular flexibility index (Phi) is 3.74. The molecule has 0 atom stereocenters. The third kappa shape index (κ3) is 2.75. The van der Waals surface area contributed by atoms with Crippen molar-refractivity contribution in [1.82, 2.24) is 4.98 Å². The number of hydrogen-bond acceptors (Lipinski definition) is 4. The number of para-hydroxylation sites is 2. The van der Waals surface area contributed by atoms with Crippen molar-refractivity contribution in [3.05, 3.63) is 48.3 Å². The number of ether oxygens (including phenoxy) is 2. The fourth-order valence-corrected chi connectivity index (χ4v) is 1.55. The summed E-state index contributed by atoms with van der Waals surface area (Å²) in [6.45, 7) is 0. The topological polar surface area (TPSA) is 57.4 Å². The average molecular weight is 260 g/mol. The monoisotopic (exact) mass is 260 g/mol. The van der Waals surface area contributed by atoms with Crippen molar-refractivity contribution in [2.24, 2.45) is 5.73 Å². The molecule has 0 fully saturated rings. The van der Waals surface area contributed by atoms with Crippen molar-refractivity contribution in [1.29, 1.82) is 0 Å². The van der Waals surface area contributed by atoms with Gasteiger partial charge in [-0.15, -0.1) is 0 Å². The SMILES string of the molecule is COc1ccccc1Oc1ccnc(C(N)=S)c1. The fourth-order valence-electron chi connectivity index (χ4n) is 1.44. The zero-order chi connectivity index (χ0) is 13.0. The van der Waals surface area contributed by atoms with Crippen molar-refractivity contribution in [3.8, 4) is 17.2 Å². The van der Waals surface area contributed by atoms with Gasteiger partial charge >= 0.3 is 0 Å². The molecule has 0 amide bonds. The van der Waals surface area contributed by atoms with E-state index in [9.17, 15) is 0 Å². The Balaban J connectivity index is 2.28. The molecule has 5 heteroatoms. The van der Waals surface area contributed by atoms with Crippen LogP contribution in [0.25, 0.3) is 0 Å². The van der Waals surface area contributed by atoms with Crippen LogP contribution in [0.2, 0.25) is 0 Å². The Hall–Kier alpha value is -2.14. The molecule has 1 aromatic heterocycles. The summed E-state index contributed by atoms with van der Waals surface area (Å²) in [7, 11) is 1.59. The van der Waals surface area contributed by atoms with Gasteiger partial charge in [0.15, 0.2) is 11.5 Å². The summed E-state index contributed by atoms with van der Waals surface area (Å²) in [5.74, 6) is 1.89. The highest BCUT2D eigenvalue weighted by atomic mass is 32.1. The van der Waals surface area contributed by atoms with Gasteiger partial charge < -0.3 is 15.2 Å². The molecule has 92 valence electrons. The number of pyridine rings is 1. The average Bonchev–Trinajstić information content (AvgIpc) is 2.39. The second-order valence-electron chi connectivity index (χ2n) is 3.49. The largest absolute Gasteiger partial charge is 0.493 e. The van der Waals surface area contributed by atoms with E-state index in [-0.39, 0.29) is 4.99 Å². The Morgan fingerprint density at radius 1 is 1.22 bits per heavy atom. The normalized spacial score (nSPS) is 9.83. The fraction of sp³-hybridized carbons (Fsp3) is 0.0769. The minimum Gasteiger partial charge on any atom is -0.493 e. The van der Waals surface area contributed by atoms with Crippen LogP contribution in [0.15, 0.2) is 42.6 Å². The summed E-state index contributed by atoms with van der Waals surface area (Å²) in [4.78, 5) is 4.28. The quantitative estimate of drug-likeness (QED) is 0.856. The van der Waals surface area contributed by atoms with E-state index in [1.54, 1.807) is 25.4 Å². The summed E-state index contributed by atoms with van der Waals surface area (Å²) >= 11 is 4.87. The van der Waals surface area contributed by atoms with Crippen molar-refractivity contribution < 1.29 is 9.47 Å². The molecule has 18 heavy (non-hydrogen) atoms. The van der Waals surface area contributed by atoms with Gasteiger partial charge in [-0.2, -0.15) is 0 Å². The molecule has 0 saturated heterocycles. The van der Waals surface area contributed by atoms with Crippen LogP contribution in [0.4, 0.5) is 0 Å². The molecule has 0 aliphatic carbocycles. The number of nitrogens with two attached hydrogens (primary N) is 1. The molecule has 0 spiro atoms. The van der Waals surface area contributed by atoms with Crippen molar-refractivity contribution in [3.63, 3.8) is 0 Å². The Morgan fingerprint density at radius 3 is 2.61 bits per heavy atom. The number of benzene rings is 1. The first kappa shape index (κ1) is 12.3. The molecular formula is C13H12N2O2S. The summed E-state index contributed by atoms with van der Waals surface area (Å²) < 4.78 is 10.9. The van der Waals surface area contributed by atoms with E-state index >= 15 is 0 Å². The van der Waals surface area contributed by atoms with Gasteiger partial charge in [-0.05, 0) is 18.2 Å². The number of rotatable bonds is 4. The lowest BCUT2D eigenvalue weighted by Gasteiger charge is -2.10.